The van der Waals surface area contributed by atoms with Crippen molar-refractivity contribution in [2.45, 2.75) is 31.8 Å². The van der Waals surface area contributed by atoms with Crippen LogP contribution in [0.3, 0.4) is 0 Å². The Bertz CT molecular complexity index is 1010. The maximum absolute atomic E-state index is 11.4. The number of benzene rings is 1. The molecule has 1 N–H and O–H groups in total. The van der Waals surface area contributed by atoms with E-state index in [0.717, 1.165) is 29.1 Å². The van der Waals surface area contributed by atoms with E-state index < -0.39 is 5.60 Å². The number of hydrogen-bond donors (Lipinski definition) is 1. The molecule has 0 spiro atoms. The molecule has 7 heteroatoms. The fourth-order valence-electron chi connectivity index (χ4n) is 3.93. The van der Waals surface area contributed by atoms with Crippen molar-refractivity contribution in [1.29, 1.82) is 0 Å². The molecule has 1 aromatic carbocycles. The normalized spacial score (nSPS) is 15.5. The van der Waals surface area contributed by atoms with Crippen molar-refractivity contribution in [2.24, 2.45) is 0 Å². The molecule has 3 aromatic rings. The molecule has 1 aliphatic heterocycles. The molecule has 31 heavy (non-hydrogen) atoms. The van der Waals surface area contributed by atoms with Crippen molar-refractivity contribution < 1.29 is 14.6 Å². The fraction of sp³-hybridized carbons (Fsp3) is 0.375. The van der Waals surface area contributed by atoms with Crippen LogP contribution < -0.4 is 14.4 Å². The van der Waals surface area contributed by atoms with Crippen LogP contribution in [0.2, 0.25) is 0 Å². The quantitative estimate of drug-likeness (QED) is 0.652. The molecule has 1 aliphatic rings. The van der Waals surface area contributed by atoms with E-state index >= 15 is 0 Å². The first-order chi connectivity index (χ1) is 15.0. The lowest BCUT2D eigenvalue weighted by Gasteiger charge is -2.39. The van der Waals surface area contributed by atoms with Gasteiger partial charge in [-0.15, -0.1) is 0 Å². The highest BCUT2D eigenvalue weighted by Gasteiger charge is 2.35. The van der Waals surface area contributed by atoms with Crippen molar-refractivity contribution in [2.75, 3.05) is 32.2 Å². The van der Waals surface area contributed by atoms with Gasteiger partial charge in [0, 0.05) is 48.9 Å². The monoisotopic (exact) mass is 420 g/mol. The van der Waals surface area contributed by atoms with E-state index in [1.807, 2.05) is 36.4 Å². The second kappa shape index (κ2) is 8.89. The van der Waals surface area contributed by atoms with Gasteiger partial charge in [0.15, 0.2) is 5.82 Å². The summed E-state index contributed by atoms with van der Waals surface area (Å²) in [6, 6.07) is 11.5. The fourth-order valence-corrected chi connectivity index (χ4v) is 3.93. The number of hydrogen-bond acceptors (Lipinski definition) is 7. The number of piperidine rings is 1. The van der Waals surface area contributed by atoms with Gasteiger partial charge in [-0.1, -0.05) is 6.92 Å². The minimum atomic E-state index is -0.938. The van der Waals surface area contributed by atoms with Crippen molar-refractivity contribution >= 4 is 5.82 Å². The highest BCUT2D eigenvalue weighted by molar-refractivity contribution is 5.57. The minimum absolute atomic E-state index is 0.583. The van der Waals surface area contributed by atoms with Crippen molar-refractivity contribution in [3.63, 3.8) is 0 Å². The van der Waals surface area contributed by atoms with Crippen LogP contribution in [0.5, 0.6) is 11.5 Å². The average molecular weight is 421 g/mol. The van der Waals surface area contributed by atoms with Crippen LogP contribution in [0, 0.1) is 0 Å². The van der Waals surface area contributed by atoms with E-state index in [-0.39, 0.29) is 0 Å². The van der Waals surface area contributed by atoms with Gasteiger partial charge in [-0.2, -0.15) is 0 Å². The Hall–Kier alpha value is -3.19. The Morgan fingerprint density at radius 1 is 0.968 bits per heavy atom. The number of rotatable bonds is 6. The molecular formula is C24H28N4O3. The molecule has 0 unspecified atom stereocenters. The minimum Gasteiger partial charge on any atom is -0.497 e. The molecule has 0 radical (unpaired) electrons. The Morgan fingerprint density at radius 3 is 2.19 bits per heavy atom. The molecule has 1 fully saturated rings. The third-order valence-corrected chi connectivity index (χ3v) is 5.87. The zero-order chi connectivity index (χ0) is 21.8. The second-order valence-electron chi connectivity index (χ2n) is 7.75. The summed E-state index contributed by atoms with van der Waals surface area (Å²) in [6.07, 6.45) is 5.49. The maximum Gasteiger partial charge on any atom is 0.161 e. The summed E-state index contributed by atoms with van der Waals surface area (Å²) < 4.78 is 10.8. The number of ether oxygens (including phenoxy) is 2. The van der Waals surface area contributed by atoms with Gasteiger partial charge in [0.2, 0.25) is 0 Å². The smallest absolute Gasteiger partial charge is 0.161 e. The zero-order valence-electron chi connectivity index (χ0n) is 18.2. The SMILES string of the molecule is CCc1cc(N2CCC(O)(c3cc(OC)cc(OC)c3)CC2)nc(-c2ccncc2)n1. The summed E-state index contributed by atoms with van der Waals surface area (Å²) in [4.78, 5) is 15.8. The number of nitrogens with zero attached hydrogens (tertiary/aromatic N) is 4. The lowest BCUT2D eigenvalue weighted by molar-refractivity contribution is 0.0113. The molecule has 7 nitrogen and oxygen atoms in total. The van der Waals surface area contributed by atoms with Crippen molar-refractivity contribution in [1.82, 2.24) is 15.0 Å². The Kier molecular flexibility index (Phi) is 6.04. The van der Waals surface area contributed by atoms with Gasteiger partial charge in [-0.3, -0.25) is 4.98 Å². The third-order valence-electron chi connectivity index (χ3n) is 5.87. The van der Waals surface area contributed by atoms with Gasteiger partial charge in [0.1, 0.15) is 17.3 Å². The Labute approximate surface area is 182 Å². The van der Waals surface area contributed by atoms with Crippen LogP contribution in [0.15, 0.2) is 48.8 Å². The number of pyridine rings is 1. The molecule has 0 amide bonds. The first-order valence-electron chi connectivity index (χ1n) is 10.5. The summed E-state index contributed by atoms with van der Waals surface area (Å²) in [5.74, 6) is 2.95. The van der Waals surface area contributed by atoms with Gasteiger partial charge in [-0.25, -0.2) is 9.97 Å². The summed E-state index contributed by atoms with van der Waals surface area (Å²) in [6.45, 7) is 3.46. The molecule has 4 rings (SSSR count). The largest absolute Gasteiger partial charge is 0.497 e. The Balaban J connectivity index is 1.58. The summed E-state index contributed by atoms with van der Waals surface area (Å²) in [7, 11) is 3.23. The van der Waals surface area contributed by atoms with Gasteiger partial charge < -0.3 is 19.5 Å². The van der Waals surface area contributed by atoms with Crippen LogP contribution in [0.4, 0.5) is 5.82 Å². The van der Waals surface area contributed by atoms with E-state index in [1.54, 1.807) is 26.6 Å². The number of methoxy groups -OCH3 is 2. The van der Waals surface area contributed by atoms with Gasteiger partial charge in [0.05, 0.1) is 19.8 Å². The molecule has 0 bridgehead atoms. The molecule has 0 aliphatic carbocycles. The zero-order valence-corrected chi connectivity index (χ0v) is 18.2. The molecule has 0 atom stereocenters. The highest BCUT2D eigenvalue weighted by atomic mass is 16.5. The van der Waals surface area contributed by atoms with Crippen LogP contribution in [-0.2, 0) is 12.0 Å². The van der Waals surface area contributed by atoms with E-state index in [9.17, 15) is 5.11 Å². The number of aromatic nitrogens is 3. The van der Waals surface area contributed by atoms with Gasteiger partial charge in [0.25, 0.3) is 0 Å². The van der Waals surface area contributed by atoms with E-state index in [0.29, 0.717) is 43.3 Å². The molecule has 3 heterocycles. The standard InChI is InChI=1S/C24H28N4O3/c1-4-19-15-22(27-23(26-19)17-5-9-25-10-6-17)28-11-7-24(29,8-12-28)18-13-20(30-2)16-21(14-18)31-3/h5-6,9-10,13-16,29H,4,7-8,11-12H2,1-3H3. The number of aryl methyl sites for hydroxylation is 1. The number of aliphatic hydroxyl groups is 1. The molecule has 162 valence electrons. The predicted molar refractivity (Wildman–Crippen MR) is 120 cm³/mol. The topological polar surface area (TPSA) is 80.6 Å². The summed E-state index contributed by atoms with van der Waals surface area (Å²) in [5, 5.41) is 11.4. The first-order valence-corrected chi connectivity index (χ1v) is 10.5. The first kappa shape index (κ1) is 21.1. The van der Waals surface area contributed by atoms with Crippen LogP contribution in [0.1, 0.15) is 31.0 Å². The van der Waals surface area contributed by atoms with Crippen LogP contribution in [-0.4, -0.2) is 47.4 Å². The second-order valence-corrected chi connectivity index (χ2v) is 7.75. The molecular weight excluding hydrogens is 392 g/mol. The molecule has 2 aromatic heterocycles. The predicted octanol–water partition coefficient (Wildman–Crippen LogP) is 3.61. The Morgan fingerprint density at radius 2 is 1.61 bits per heavy atom. The summed E-state index contributed by atoms with van der Waals surface area (Å²) >= 11 is 0. The third kappa shape index (κ3) is 4.46. The van der Waals surface area contributed by atoms with Crippen molar-refractivity contribution in [3.05, 3.63) is 60.0 Å². The van der Waals surface area contributed by atoms with E-state index in [2.05, 4.69) is 21.8 Å². The highest BCUT2D eigenvalue weighted by Crippen LogP contribution is 2.38. The maximum atomic E-state index is 11.4. The molecule has 1 saturated heterocycles. The van der Waals surface area contributed by atoms with E-state index in [4.69, 9.17) is 14.5 Å². The lowest BCUT2D eigenvalue weighted by atomic mass is 9.84. The summed E-state index contributed by atoms with van der Waals surface area (Å²) in [5.41, 5.74) is 1.82. The van der Waals surface area contributed by atoms with Gasteiger partial charge in [-0.05, 0) is 49.1 Å². The van der Waals surface area contributed by atoms with E-state index in [1.165, 1.54) is 0 Å². The average Bonchev–Trinajstić information content (AvgIpc) is 2.84. The molecule has 0 saturated carbocycles. The van der Waals surface area contributed by atoms with Crippen LogP contribution >= 0.6 is 0 Å². The van der Waals surface area contributed by atoms with Gasteiger partial charge >= 0.3 is 0 Å². The lowest BCUT2D eigenvalue weighted by Crippen LogP contribution is -2.43. The van der Waals surface area contributed by atoms with Crippen LogP contribution in [0.25, 0.3) is 11.4 Å². The van der Waals surface area contributed by atoms with Crippen molar-refractivity contribution in [3.8, 4) is 22.9 Å². The number of anilines is 1.